The highest BCUT2D eigenvalue weighted by Gasteiger charge is 2.43. The summed E-state index contributed by atoms with van der Waals surface area (Å²) in [5, 5.41) is 8.99. The third-order valence-electron chi connectivity index (χ3n) is 6.01. The smallest absolute Gasteiger partial charge is 0.261 e. The zero-order valence-corrected chi connectivity index (χ0v) is 19.7. The number of H-pyrrole nitrogens is 1. The minimum Gasteiger partial charge on any atom is -0.356 e. The number of nitrogens with one attached hydrogen (secondary N) is 1. The molecule has 3 atom stereocenters. The van der Waals surface area contributed by atoms with E-state index in [9.17, 15) is 26.4 Å². The molecule has 0 radical (unpaired) electrons. The monoisotopic (exact) mass is 513 g/mol. The Labute approximate surface area is 201 Å². The Morgan fingerprint density at radius 1 is 1.26 bits per heavy atom. The van der Waals surface area contributed by atoms with Crippen LogP contribution in [0.15, 0.2) is 24.4 Å². The number of carbonyl (C=O) groups is 1. The van der Waals surface area contributed by atoms with Gasteiger partial charge in [0.2, 0.25) is 5.91 Å². The minimum atomic E-state index is -3.67. The number of nitriles is 1. The number of hydrogen-bond acceptors (Lipinski definition) is 6. The van der Waals surface area contributed by atoms with Crippen molar-refractivity contribution in [3.8, 4) is 6.07 Å². The fraction of sp³-hybridized carbons (Fsp3) is 0.455. The number of hydrogen-bond donors (Lipinski definition) is 3. The van der Waals surface area contributed by atoms with Crippen LogP contribution in [0, 0.1) is 34.7 Å². The van der Waals surface area contributed by atoms with E-state index in [0.717, 1.165) is 24.8 Å². The predicted molar refractivity (Wildman–Crippen MR) is 121 cm³/mol. The number of nitrogens with zero attached hydrogens (tertiary/aromatic N) is 3. The third kappa shape index (κ3) is 6.97. The van der Waals surface area contributed by atoms with E-state index < -0.39 is 33.6 Å². The maximum Gasteiger partial charge on any atom is 0.261 e. The number of likely N-dealkylation sites (tertiary alicyclic amines) is 1. The topological polar surface area (TPSA) is 144 Å². The highest BCUT2D eigenvalue weighted by Crippen LogP contribution is 2.34. The molecule has 2 aliphatic rings. The predicted octanol–water partition coefficient (Wildman–Crippen LogP) is 1.80. The normalized spacial score (nSPS) is 20.1. The second-order valence-electron chi connectivity index (χ2n) is 8.75. The Hall–Kier alpha value is -3.08. The first-order valence-electron chi connectivity index (χ1n) is 10.8. The van der Waals surface area contributed by atoms with Crippen LogP contribution in [0.1, 0.15) is 24.0 Å². The Bertz CT molecular complexity index is 1220. The molecule has 4 N–H and O–H groups in total. The van der Waals surface area contributed by atoms with E-state index in [1.165, 1.54) is 0 Å². The van der Waals surface area contributed by atoms with Gasteiger partial charge in [0, 0.05) is 50.3 Å². The van der Waals surface area contributed by atoms with Crippen LogP contribution >= 0.6 is 0 Å². The molecular weight excluding hydrogens is 487 g/mol. The zero-order valence-electron chi connectivity index (χ0n) is 18.9. The van der Waals surface area contributed by atoms with Crippen molar-refractivity contribution in [3.05, 3.63) is 53.0 Å². The molecule has 1 aromatic heterocycles. The molecule has 3 heterocycles. The second-order valence-corrected chi connectivity index (χ2v) is 10.2. The van der Waals surface area contributed by atoms with Gasteiger partial charge in [0.25, 0.3) is 10.1 Å². The van der Waals surface area contributed by atoms with Crippen LogP contribution in [0.4, 0.5) is 19.0 Å². The summed E-state index contributed by atoms with van der Waals surface area (Å²) in [5.41, 5.74) is 6.55. The molecule has 13 heteroatoms. The van der Waals surface area contributed by atoms with Crippen LogP contribution in [0.5, 0.6) is 0 Å². The van der Waals surface area contributed by atoms with E-state index in [-0.39, 0.29) is 30.4 Å². The van der Waals surface area contributed by atoms with Crippen molar-refractivity contribution in [1.29, 1.82) is 5.26 Å². The summed E-state index contributed by atoms with van der Waals surface area (Å²) in [6.07, 6.45) is 3.20. The van der Waals surface area contributed by atoms with E-state index in [1.54, 1.807) is 12.3 Å². The van der Waals surface area contributed by atoms with Crippen LogP contribution in [0.25, 0.3) is 0 Å². The minimum absolute atomic E-state index is 0.00272. The first-order valence-corrected chi connectivity index (χ1v) is 12.6. The number of nitrogens with two attached hydrogens (primary N) is 1. The summed E-state index contributed by atoms with van der Waals surface area (Å²) >= 11 is 0. The molecule has 0 unspecified atom stereocenters. The maximum atomic E-state index is 13.9. The Kier molecular flexibility index (Phi) is 8.09. The zero-order chi connectivity index (χ0) is 25.9. The Morgan fingerprint density at radius 3 is 2.54 bits per heavy atom. The fourth-order valence-electron chi connectivity index (χ4n) is 4.51. The molecule has 9 nitrogen and oxygen atoms in total. The summed E-state index contributed by atoms with van der Waals surface area (Å²) in [7, 11) is -3.67. The van der Waals surface area contributed by atoms with E-state index in [2.05, 4.69) is 16.0 Å². The molecular formula is C22H26F3N5O4S. The second kappa shape index (κ2) is 10.7. The van der Waals surface area contributed by atoms with Crippen molar-refractivity contribution in [2.24, 2.45) is 11.7 Å². The van der Waals surface area contributed by atoms with Gasteiger partial charge in [-0.2, -0.15) is 13.7 Å². The lowest BCUT2D eigenvalue weighted by Gasteiger charge is -2.26. The number of fused-ring (bicyclic) bond motifs is 1. The average Bonchev–Trinajstić information content (AvgIpc) is 3.45. The number of aromatic amines is 1. The Morgan fingerprint density at radius 2 is 1.91 bits per heavy atom. The molecule has 2 fully saturated rings. The Balaban J connectivity index is 0.000000623. The molecule has 4 rings (SSSR count). The summed E-state index contributed by atoms with van der Waals surface area (Å²) in [6.45, 7) is 2.10. The number of benzene rings is 1. The number of rotatable bonds is 5. The van der Waals surface area contributed by atoms with E-state index >= 15 is 0 Å². The molecule has 2 aliphatic heterocycles. The maximum absolute atomic E-state index is 13.9. The van der Waals surface area contributed by atoms with Crippen molar-refractivity contribution in [3.63, 3.8) is 0 Å². The largest absolute Gasteiger partial charge is 0.356 e. The number of anilines is 1. The van der Waals surface area contributed by atoms with Gasteiger partial charge in [-0.3, -0.25) is 9.35 Å². The van der Waals surface area contributed by atoms with Gasteiger partial charge in [0.05, 0.1) is 17.9 Å². The van der Waals surface area contributed by atoms with Crippen LogP contribution < -0.4 is 10.6 Å². The number of carbonyl (C=O) groups excluding carboxylic acids is 1. The standard InChI is InChI=1S/C21H22F3N5O.CH4O3S/c22-16-7-18(24)17(23)5-14(16)4-15(26)6-21(30)29-2-1-13-10-28(11-19(13)29)20-3-12(8-25)9-27-20;1-5(2,3)4/h3,5,7,9,13,15,19,27H,1-2,4,6,10-11,26H2;1H3,(H,2,3,4)/t13-,15+,19+;/m0./s1. The van der Waals surface area contributed by atoms with Gasteiger partial charge in [-0.15, -0.1) is 0 Å². The summed E-state index contributed by atoms with van der Waals surface area (Å²) in [6, 6.07) is 4.53. The van der Waals surface area contributed by atoms with Gasteiger partial charge in [0.15, 0.2) is 11.6 Å². The first-order chi connectivity index (χ1) is 16.4. The summed E-state index contributed by atoms with van der Waals surface area (Å²) < 4.78 is 66.2. The highest BCUT2D eigenvalue weighted by molar-refractivity contribution is 7.85. The van der Waals surface area contributed by atoms with Crippen LogP contribution in [0.2, 0.25) is 0 Å². The molecule has 35 heavy (non-hydrogen) atoms. The lowest BCUT2D eigenvalue weighted by Crippen LogP contribution is -2.42. The van der Waals surface area contributed by atoms with Crippen molar-refractivity contribution in [2.45, 2.75) is 31.3 Å². The van der Waals surface area contributed by atoms with Gasteiger partial charge in [-0.1, -0.05) is 0 Å². The van der Waals surface area contributed by atoms with Gasteiger partial charge in [-0.25, -0.2) is 13.2 Å². The molecule has 2 aromatic rings. The van der Waals surface area contributed by atoms with E-state index in [4.69, 9.17) is 15.5 Å². The van der Waals surface area contributed by atoms with E-state index in [1.807, 2.05) is 4.90 Å². The highest BCUT2D eigenvalue weighted by atomic mass is 32.2. The van der Waals surface area contributed by atoms with Crippen molar-refractivity contribution in [1.82, 2.24) is 9.88 Å². The van der Waals surface area contributed by atoms with Crippen LogP contribution in [-0.4, -0.2) is 66.7 Å². The van der Waals surface area contributed by atoms with Crippen molar-refractivity contribution < 1.29 is 30.9 Å². The van der Waals surface area contributed by atoms with Gasteiger partial charge in [0.1, 0.15) is 17.7 Å². The van der Waals surface area contributed by atoms with Gasteiger partial charge in [-0.05, 0) is 30.5 Å². The molecule has 0 spiro atoms. The molecule has 1 aromatic carbocycles. The van der Waals surface area contributed by atoms with Gasteiger partial charge < -0.3 is 20.5 Å². The molecule has 0 bridgehead atoms. The average molecular weight is 514 g/mol. The number of amides is 1. The number of halogens is 3. The van der Waals surface area contributed by atoms with Crippen molar-refractivity contribution >= 4 is 21.8 Å². The molecule has 0 aliphatic carbocycles. The quantitative estimate of drug-likeness (QED) is 0.409. The molecule has 190 valence electrons. The van der Waals surface area contributed by atoms with Crippen LogP contribution in [0.3, 0.4) is 0 Å². The summed E-state index contributed by atoms with van der Waals surface area (Å²) in [5.74, 6) is -2.18. The molecule has 2 saturated heterocycles. The fourth-order valence-corrected chi connectivity index (χ4v) is 4.51. The lowest BCUT2D eigenvalue weighted by molar-refractivity contribution is -0.132. The van der Waals surface area contributed by atoms with E-state index in [0.29, 0.717) is 36.9 Å². The summed E-state index contributed by atoms with van der Waals surface area (Å²) in [4.78, 5) is 19.9. The number of aromatic nitrogens is 1. The lowest BCUT2D eigenvalue weighted by atomic mass is 10.0. The molecule has 0 saturated carbocycles. The van der Waals surface area contributed by atoms with Crippen molar-refractivity contribution in [2.75, 3.05) is 30.8 Å². The SMILES string of the molecule is CS(=O)(=O)O.N#Cc1c[nH]c(N2C[C@@H]3CCN(C(=O)C[C@H](N)Cc4cc(F)c(F)cc4F)[C@@H]3C2)c1. The first kappa shape index (κ1) is 26.5. The van der Waals surface area contributed by atoms with Gasteiger partial charge >= 0.3 is 0 Å². The van der Waals surface area contributed by atoms with Crippen LogP contribution in [-0.2, 0) is 21.3 Å². The third-order valence-corrected chi connectivity index (χ3v) is 6.01. The molecule has 1 amide bonds.